The van der Waals surface area contributed by atoms with Crippen LogP contribution in [0.15, 0.2) is 72.9 Å². The number of halogens is 1. The van der Waals surface area contributed by atoms with Crippen LogP contribution in [-0.2, 0) is 9.59 Å². The molecule has 3 aromatic rings. The molecule has 0 spiro atoms. The second-order valence-corrected chi connectivity index (χ2v) is 8.56. The molecule has 182 valence electrons. The summed E-state index contributed by atoms with van der Waals surface area (Å²) in [6.45, 7) is 2.81. The molecule has 0 aliphatic carbocycles. The second-order valence-electron chi connectivity index (χ2n) is 8.56. The lowest BCUT2D eigenvalue weighted by Crippen LogP contribution is -2.52. The first-order valence-electron chi connectivity index (χ1n) is 11.5. The number of carbonyl (C=O) groups excluding carboxylic acids is 2. The smallest absolute Gasteiger partial charge is 0.248 e. The Bertz CT molecular complexity index is 1220. The van der Waals surface area contributed by atoms with Crippen molar-refractivity contribution in [3.63, 3.8) is 0 Å². The summed E-state index contributed by atoms with van der Waals surface area (Å²) in [5.74, 6) is -0.823. The van der Waals surface area contributed by atoms with Gasteiger partial charge in [-0.2, -0.15) is 5.10 Å². The van der Waals surface area contributed by atoms with Gasteiger partial charge in [-0.25, -0.2) is 4.68 Å². The fourth-order valence-electron chi connectivity index (χ4n) is 4.39. The number of fused-ring (bicyclic) bond motifs is 1. The van der Waals surface area contributed by atoms with E-state index in [0.29, 0.717) is 35.7 Å². The Morgan fingerprint density at radius 2 is 1.83 bits per heavy atom. The monoisotopic (exact) mass is 476 g/mol. The van der Waals surface area contributed by atoms with Gasteiger partial charge in [0.1, 0.15) is 11.9 Å². The van der Waals surface area contributed by atoms with Crippen molar-refractivity contribution >= 4 is 23.3 Å². The van der Waals surface area contributed by atoms with Gasteiger partial charge in [-0.15, -0.1) is 10.0 Å². The lowest BCUT2D eigenvalue weighted by atomic mass is 9.82. The van der Waals surface area contributed by atoms with Gasteiger partial charge in [0.05, 0.1) is 11.9 Å². The Morgan fingerprint density at radius 1 is 1.11 bits per heavy atom. The number of hydrogen-bond acceptors (Lipinski definition) is 5. The van der Waals surface area contributed by atoms with E-state index in [1.807, 2.05) is 56.3 Å². The lowest BCUT2D eigenvalue weighted by Gasteiger charge is -2.37. The number of para-hydroxylation sites is 2. The zero-order valence-electron chi connectivity index (χ0n) is 20.0. The van der Waals surface area contributed by atoms with Gasteiger partial charge in [0.2, 0.25) is 11.8 Å². The van der Waals surface area contributed by atoms with Crippen LogP contribution in [0, 0.1) is 0 Å². The van der Waals surface area contributed by atoms with Crippen LogP contribution in [0.4, 0.5) is 16.0 Å². The molecule has 8 nitrogen and oxygen atoms in total. The van der Waals surface area contributed by atoms with Crippen molar-refractivity contribution in [2.45, 2.75) is 18.9 Å². The van der Waals surface area contributed by atoms with Crippen LogP contribution in [0.25, 0.3) is 5.69 Å². The number of nitrogens with zero attached hydrogens (tertiary/aromatic N) is 4. The van der Waals surface area contributed by atoms with Gasteiger partial charge in [0, 0.05) is 36.3 Å². The van der Waals surface area contributed by atoms with Gasteiger partial charge in [0.15, 0.2) is 0 Å². The lowest BCUT2D eigenvalue weighted by molar-refractivity contribution is -0.122. The van der Waals surface area contributed by atoms with Gasteiger partial charge in [-0.05, 0) is 44.8 Å². The fourth-order valence-corrected chi connectivity index (χ4v) is 4.39. The molecule has 2 atom stereocenters. The number of anilines is 2. The van der Waals surface area contributed by atoms with Crippen molar-refractivity contribution in [3.8, 4) is 5.69 Å². The molecule has 0 saturated carbocycles. The minimum absolute atomic E-state index is 0.304. The third kappa shape index (κ3) is 4.87. The maximum absolute atomic E-state index is 14.2. The Kier molecular flexibility index (Phi) is 7.38. The molecular formula is C26H29FN6O2. The van der Waals surface area contributed by atoms with Gasteiger partial charge < -0.3 is 10.2 Å². The highest BCUT2D eigenvalue weighted by atomic mass is 19.2. The van der Waals surface area contributed by atoms with E-state index in [0.717, 1.165) is 5.69 Å². The number of nitrogens with one attached hydrogen (secondary N) is 2. The minimum Gasteiger partial charge on any atom is -0.322 e. The minimum atomic E-state index is -1.17. The molecule has 35 heavy (non-hydrogen) atoms. The predicted octanol–water partition coefficient (Wildman–Crippen LogP) is 3.27. The molecule has 2 N–H and O–H groups in total. The van der Waals surface area contributed by atoms with Crippen LogP contribution in [0.1, 0.15) is 24.0 Å². The first kappa shape index (κ1) is 24.3. The van der Waals surface area contributed by atoms with Crippen molar-refractivity contribution in [1.82, 2.24) is 20.2 Å². The highest BCUT2D eigenvalue weighted by molar-refractivity contribution is 6.03. The third-order valence-corrected chi connectivity index (χ3v) is 5.96. The molecule has 1 aliphatic heterocycles. The molecule has 1 aliphatic rings. The van der Waals surface area contributed by atoms with E-state index in [4.69, 9.17) is 0 Å². The fraction of sp³-hybridized carbons (Fsp3) is 0.269. The zero-order valence-corrected chi connectivity index (χ0v) is 20.0. The Labute approximate surface area is 204 Å². The van der Waals surface area contributed by atoms with E-state index < -0.39 is 17.9 Å². The largest absolute Gasteiger partial charge is 0.322 e. The van der Waals surface area contributed by atoms with Crippen LogP contribution in [-0.4, -0.2) is 59.7 Å². The van der Waals surface area contributed by atoms with Gasteiger partial charge in [0.25, 0.3) is 0 Å². The molecule has 1 aromatic heterocycles. The highest BCUT2D eigenvalue weighted by Gasteiger charge is 2.44. The first-order valence-corrected chi connectivity index (χ1v) is 11.5. The quantitative estimate of drug-likeness (QED) is 0.385. The number of carbonyl (C=O) groups is 2. The molecule has 0 fully saturated rings. The summed E-state index contributed by atoms with van der Waals surface area (Å²) >= 11 is 0. The van der Waals surface area contributed by atoms with Crippen LogP contribution in [0.3, 0.4) is 0 Å². The van der Waals surface area contributed by atoms with Crippen LogP contribution < -0.4 is 15.8 Å². The summed E-state index contributed by atoms with van der Waals surface area (Å²) in [4.78, 5) is 29.5. The van der Waals surface area contributed by atoms with Crippen LogP contribution in [0.2, 0.25) is 0 Å². The Hall–Kier alpha value is -3.82. The number of hydrogen-bond donors (Lipinski definition) is 2. The maximum Gasteiger partial charge on any atom is 0.248 e. The zero-order chi connectivity index (χ0) is 24.9. The summed E-state index contributed by atoms with van der Waals surface area (Å²) in [6, 6.07) is 15.5. The van der Waals surface area contributed by atoms with Gasteiger partial charge in [-0.1, -0.05) is 42.5 Å². The van der Waals surface area contributed by atoms with E-state index in [2.05, 4.69) is 10.4 Å². The van der Waals surface area contributed by atoms with Crippen molar-refractivity contribution in [3.05, 3.63) is 84.1 Å². The number of aromatic nitrogens is 2. The van der Waals surface area contributed by atoms with E-state index in [-0.39, 0.29) is 5.91 Å². The summed E-state index contributed by atoms with van der Waals surface area (Å²) in [5.41, 5.74) is 4.33. The molecule has 2 aromatic carbocycles. The average molecular weight is 477 g/mol. The average Bonchev–Trinajstić information content (AvgIpc) is 3.28. The number of rotatable bonds is 8. The maximum atomic E-state index is 14.2. The highest BCUT2D eigenvalue weighted by Crippen LogP contribution is 2.43. The second kappa shape index (κ2) is 10.6. The van der Waals surface area contributed by atoms with E-state index >= 15 is 0 Å². The van der Waals surface area contributed by atoms with Crippen molar-refractivity contribution in [2.75, 3.05) is 37.4 Å². The standard InChI is InChI=1S/C26H29FN6O2/c1-4-32-25-20(17-28-33(25)18-11-6-5-7-12-18)23(24(30-27)26(32)35)19-13-8-9-14-21(19)29-22(34)15-10-16-31(2)3/h5-15,17,23-24,30H,4,16H2,1-3H3,(H,29,34)/b15-10+/t23?,24-/m1/s1. The van der Waals surface area contributed by atoms with Crippen molar-refractivity contribution in [1.29, 1.82) is 0 Å². The third-order valence-electron chi connectivity index (χ3n) is 5.96. The van der Waals surface area contributed by atoms with Crippen LogP contribution in [0.5, 0.6) is 0 Å². The number of benzene rings is 2. The summed E-state index contributed by atoms with van der Waals surface area (Å²) in [6.07, 6.45) is 4.89. The molecule has 2 heterocycles. The van der Waals surface area contributed by atoms with Crippen molar-refractivity contribution < 1.29 is 14.1 Å². The SMILES string of the molecule is CCN1C(=O)[C@H](NF)C(c2ccccc2NC(=O)/C=C/CN(C)C)c2cnn(-c3ccccc3)c21. The van der Waals surface area contributed by atoms with Crippen molar-refractivity contribution in [2.24, 2.45) is 0 Å². The molecule has 2 amide bonds. The normalized spacial score (nSPS) is 17.7. The molecule has 4 rings (SSSR count). The van der Waals surface area contributed by atoms with E-state index in [9.17, 15) is 14.1 Å². The number of amides is 2. The Balaban J connectivity index is 1.79. The molecule has 0 saturated heterocycles. The van der Waals surface area contributed by atoms with E-state index in [1.54, 1.807) is 46.8 Å². The van der Waals surface area contributed by atoms with Crippen LogP contribution >= 0.6 is 0 Å². The first-order chi connectivity index (χ1) is 17.0. The van der Waals surface area contributed by atoms with Gasteiger partial charge in [-0.3, -0.25) is 14.5 Å². The summed E-state index contributed by atoms with van der Waals surface area (Å²) in [5, 5.41) is 7.45. The predicted molar refractivity (Wildman–Crippen MR) is 134 cm³/mol. The Morgan fingerprint density at radius 3 is 2.51 bits per heavy atom. The van der Waals surface area contributed by atoms with E-state index in [1.165, 1.54) is 11.0 Å². The van der Waals surface area contributed by atoms with Gasteiger partial charge >= 0.3 is 0 Å². The molecule has 1 unspecified atom stereocenters. The molecule has 0 bridgehead atoms. The topological polar surface area (TPSA) is 82.5 Å². The summed E-state index contributed by atoms with van der Waals surface area (Å²) in [7, 11) is 3.82. The summed E-state index contributed by atoms with van der Waals surface area (Å²) < 4.78 is 15.9. The molecule has 0 radical (unpaired) electrons. The molecular weight excluding hydrogens is 447 g/mol. The molecule has 9 heteroatoms. The number of likely N-dealkylation sites (N-methyl/N-ethyl adjacent to an activating group) is 2.